The van der Waals surface area contributed by atoms with Crippen LogP contribution in [-0.4, -0.2) is 21.1 Å². The van der Waals surface area contributed by atoms with Gasteiger partial charge in [-0.2, -0.15) is 5.10 Å². The molecule has 1 aliphatic heterocycles. The Labute approximate surface area is 141 Å². The molecule has 120 valence electrons. The molecule has 0 bridgehead atoms. The van der Waals surface area contributed by atoms with Crippen LogP contribution in [-0.2, 0) is 4.79 Å². The lowest BCUT2D eigenvalue weighted by molar-refractivity contribution is -0.116. The lowest BCUT2D eigenvalue weighted by Gasteiger charge is -2.24. The Bertz CT molecular complexity index is 923. The van der Waals surface area contributed by atoms with Gasteiger partial charge in [0.05, 0.1) is 10.7 Å². The first-order valence-corrected chi connectivity index (χ1v) is 7.74. The number of nitrogens with zero attached hydrogens (tertiary/aromatic N) is 2. The van der Waals surface area contributed by atoms with Gasteiger partial charge in [0.2, 0.25) is 5.91 Å². The second-order valence-corrected chi connectivity index (χ2v) is 5.98. The van der Waals surface area contributed by atoms with Gasteiger partial charge < -0.3 is 5.32 Å². The molecule has 7 heteroatoms. The molecule has 3 aromatic rings. The molecular weight excluding hydrogens is 331 g/mol. The van der Waals surface area contributed by atoms with Gasteiger partial charge in [-0.15, -0.1) is 0 Å². The molecule has 1 aromatic carbocycles. The summed E-state index contributed by atoms with van der Waals surface area (Å²) in [7, 11) is 0. The van der Waals surface area contributed by atoms with Crippen LogP contribution in [0.1, 0.15) is 23.5 Å². The van der Waals surface area contributed by atoms with Crippen LogP contribution < -0.4 is 5.32 Å². The average molecular weight is 343 g/mol. The summed E-state index contributed by atoms with van der Waals surface area (Å²) in [6.45, 7) is 0. The lowest BCUT2D eigenvalue weighted by atomic mass is 9.85. The number of nitrogens with one attached hydrogen (secondary N) is 2. The van der Waals surface area contributed by atoms with Crippen LogP contribution in [0, 0.1) is 5.82 Å². The first-order chi connectivity index (χ1) is 11.6. The van der Waals surface area contributed by atoms with E-state index in [1.54, 1.807) is 30.6 Å². The molecule has 2 aromatic heterocycles. The molecule has 5 nitrogen and oxygen atoms in total. The number of aromatic amines is 1. The summed E-state index contributed by atoms with van der Waals surface area (Å²) in [6.07, 6.45) is 3.45. The minimum atomic E-state index is -0.311. The summed E-state index contributed by atoms with van der Waals surface area (Å²) in [6, 6.07) is 7.92. The van der Waals surface area contributed by atoms with Crippen LogP contribution in [0.4, 0.5) is 10.2 Å². The molecule has 1 amide bonds. The zero-order valence-corrected chi connectivity index (χ0v) is 13.1. The Morgan fingerprint density at radius 1 is 1.21 bits per heavy atom. The van der Waals surface area contributed by atoms with E-state index in [0.29, 0.717) is 10.8 Å². The van der Waals surface area contributed by atoms with E-state index in [2.05, 4.69) is 20.5 Å². The third-order valence-corrected chi connectivity index (χ3v) is 4.43. The van der Waals surface area contributed by atoms with Gasteiger partial charge in [0.15, 0.2) is 5.82 Å². The highest BCUT2D eigenvalue weighted by atomic mass is 35.5. The number of rotatable bonds is 2. The Kier molecular flexibility index (Phi) is 3.54. The minimum Gasteiger partial charge on any atom is -0.309 e. The van der Waals surface area contributed by atoms with Gasteiger partial charge in [0.25, 0.3) is 0 Å². The van der Waals surface area contributed by atoms with Crippen molar-refractivity contribution >= 4 is 23.3 Å². The third-order valence-electron chi connectivity index (χ3n) is 4.11. The number of amides is 1. The Hall–Kier alpha value is -2.73. The summed E-state index contributed by atoms with van der Waals surface area (Å²) in [5, 5.41) is 10.4. The molecular formula is C17H12ClFN4O. The Morgan fingerprint density at radius 2 is 2.00 bits per heavy atom. The van der Waals surface area contributed by atoms with Gasteiger partial charge in [-0.05, 0) is 35.9 Å². The molecule has 0 spiro atoms. The first kappa shape index (κ1) is 14.8. The van der Waals surface area contributed by atoms with Crippen molar-refractivity contribution in [1.29, 1.82) is 0 Å². The van der Waals surface area contributed by atoms with Crippen LogP contribution in [0.25, 0.3) is 11.3 Å². The lowest BCUT2D eigenvalue weighted by Crippen LogP contribution is -2.23. The predicted octanol–water partition coefficient (Wildman–Crippen LogP) is 3.74. The molecule has 1 aliphatic rings. The van der Waals surface area contributed by atoms with Gasteiger partial charge in [-0.3, -0.25) is 14.9 Å². The molecule has 1 unspecified atom stereocenters. The SMILES string of the molecule is O=C1CC(c2ccncc2Cl)c2c(n[nH]c2-c2ccc(F)cc2)N1. The number of aromatic nitrogens is 3. The number of pyridine rings is 1. The zero-order valence-electron chi connectivity index (χ0n) is 12.4. The zero-order chi connectivity index (χ0) is 16.7. The van der Waals surface area contributed by atoms with Crippen LogP contribution in [0.3, 0.4) is 0 Å². The number of hydrogen-bond donors (Lipinski definition) is 2. The van der Waals surface area contributed by atoms with E-state index < -0.39 is 0 Å². The van der Waals surface area contributed by atoms with Crippen LogP contribution in [0.5, 0.6) is 0 Å². The van der Waals surface area contributed by atoms with Gasteiger partial charge in [0, 0.05) is 35.9 Å². The van der Waals surface area contributed by atoms with Crippen LogP contribution in [0.15, 0.2) is 42.7 Å². The van der Waals surface area contributed by atoms with Crippen molar-refractivity contribution in [2.45, 2.75) is 12.3 Å². The number of fused-ring (bicyclic) bond motifs is 1. The van der Waals surface area contributed by atoms with Gasteiger partial charge in [0.1, 0.15) is 5.82 Å². The molecule has 0 radical (unpaired) electrons. The number of H-pyrrole nitrogens is 1. The number of benzene rings is 1. The monoisotopic (exact) mass is 342 g/mol. The van der Waals surface area contributed by atoms with Gasteiger partial charge in [-0.25, -0.2) is 4.39 Å². The van der Waals surface area contributed by atoms with E-state index in [1.165, 1.54) is 12.1 Å². The van der Waals surface area contributed by atoms with Crippen LogP contribution in [0.2, 0.25) is 5.02 Å². The highest BCUT2D eigenvalue weighted by Gasteiger charge is 2.33. The Morgan fingerprint density at radius 3 is 2.75 bits per heavy atom. The van der Waals surface area contributed by atoms with Crippen molar-refractivity contribution in [3.8, 4) is 11.3 Å². The second kappa shape index (κ2) is 5.72. The number of anilines is 1. The van der Waals surface area contributed by atoms with Crippen molar-refractivity contribution < 1.29 is 9.18 Å². The molecule has 0 fully saturated rings. The van der Waals surface area contributed by atoms with E-state index >= 15 is 0 Å². The highest BCUT2D eigenvalue weighted by Crippen LogP contribution is 2.43. The van der Waals surface area contributed by atoms with E-state index in [-0.39, 0.29) is 24.1 Å². The molecule has 0 aliphatic carbocycles. The van der Waals surface area contributed by atoms with E-state index in [0.717, 1.165) is 22.4 Å². The predicted molar refractivity (Wildman–Crippen MR) is 88.3 cm³/mol. The third kappa shape index (κ3) is 2.45. The fraction of sp³-hybridized carbons (Fsp3) is 0.118. The summed E-state index contributed by atoms with van der Waals surface area (Å²) in [5.41, 5.74) is 3.18. The summed E-state index contributed by atoms with van der Waals surface area (Å²) in [4.78, 5) is 16.0. The fourth-order valence-electron chi connectivity index (χ4n) is 3.03. The fourth-order valence-corrected chi connectivity index (χ4v) is 3.28. The summed E-state index contributed by atoms with van der Waals surface area (Å²) in [5.74, 6) is -0.210. The first-order valence-electron chi connectivity index (χ1n) is 7.37. The quantitative estimate of drug-likeness (QED) is 0.745. The Balaban J connectivity index is 1.89. The highest BCUT2D eigenvalue weighted by molar-refractivity contribution is 6.31. The van der Waals surface area contributed by atoms with E-state index in [1.807, 2.05) is 0 Å². The minimum absolute atomic E-state index is 0.127. The standard InChI is InChI=1S/C17H12ClFN4O/c18-13-8-20-6-5-11(13)12-7-14(24)21-17-15(12)16(22-23-17)9-1-3-10(19)4-2-9/h1-6,8,12H,7H2,(H2,21,22,23,24). The largest absolute Gasteiger partial charge is 0.309 e. The van der Waals surface area contributed by atoms with Gasteiger partial charge in [-0.1, -0.05) is 11.6 Å². The molecule has 0 saturated heterocycles. The maximum absolute atomic E-state index is 13.2. The van der Waals surface area contributed by atoms with Crippen molar-refractivity contribution in [2.24, 2.45) is 0 Å². The van der Waals surface area contributed by atoms with E-state index in [9.17, 15) is 9.18 Å². The van der Waals surface area contributed by atoms with Crippen molar-refractivity contribution in [3.05, 3.63) is 64.7 Å². The molecule has 0 saturated carbocycles. The van der Waals surface area contributed by atoms with Crippen molar-refractivity contribution in [1.82, 2.24) is 15.2 Å². The molecule has 3 heterocycles. The maximum Gasteiger partial charge on any atom is 0.226 e. The molecule has 4 rings (SSSR count). The van der Waals surface area contributed by atoms with E-state index in [4.69, 9.17) is 11.6 Å². The maximum atomic E-state index is 13.2. The normalized spacial score (nSPS) is 16.6. The van der Waals surface area contributed by atoms with Crippen LogP contribution >= 0.6 is 11.6 Å². The number of halogens is 2. The number of carbonyl (C=O) groups is 1. The number of carbonyl (C=O) groups excluding carboxylic acids is 1. The molecule has 24 heavy (non-hydrogen) atoms. The van der Waals surface area contributed by atoms with Gasteiger partial charge >= 0.3 is 0 Å². The topological polar surface area (TPSA) is 70.7 Å². The summed E-state index contributed by atoms with van der Waals surface area (Å²) >= 11 is 6.28. The molecule has 2 N–H and O–H groups in total. The van der Waals surface area contributed by atoms with Crippen molar-refractivity contribution in [2.75, 3.05) is 5.32 Å². The average Bonchev–Trinajstić information content (AvgIpc) is 2.99. The second-order valence-electron chi connectivity index (χ2n) is 5.57. The summed E-state index contributed by atoms with van der Waals surface area (Å²) < 4.78 is 13.2. The smallest absolute Gasteiger partial charge is 0.226 e. The number of hydrogen-bond acceptors (Lipinski definition) is 3. The van der Waals surface area contributed by atoms with Crippen molar-refractivity contribution in [3.63, 3.8) is 0 Å². The molecule has 1 atom stereocenters.